The predicted octanol–water partition coefficient (Wildman–Crippen LogP) is -0.0330. The molecular weight excluding hydrogens is 429 g/mol. The standard InChI is InChI=1S/C18H23NO6S2.K.H/c1-12-18(2,3)17-15-7-6-14(27(23,24)25)11-13(15)5-8-16(17)19(12)9-4-10-26(20,21)22;;/h5-8,11-12H,4,9-10H2,1-3H3,(H,20,21,22)(H,23,24,25);;/q;+1;-1. The second kappa shape index (κ2) is 8.24. The normalized spacial score (nSPS) is 18.8. The Labute approximate surface area is 209 Å². The van der Waals surface area contributed by atoms with Crippen LogP contribution in [0.1, 0.15) is 34.2 Å². The molecule has 1 aliphatic heterocycles. The summed E-state index contributed by atoms with van der Waals surface area (Å²) in [6.07, 6.45) is 0.304. The molecule has 1 aliphatic rings. The van der Waals surface area contributed by atoms with E-state index in [9.17, 15) is 21.4 Å². The molecule has 0 saturated heterocycles. The number of hydrogen-bond acceptors (Lipinski definition) is 5. The molecule has 7 nitrogen and oxygen atoms in total. The van der Waals surface area contributed by atoms with Crippen LogP contribution in [0.5, 0.6) is 0 Å². The van der Waals surface area contributed by atoms with Gasteiger partial charge >= 0.3 is 51.4 Å². The molecule has 28 heavy (non-hydrogen) atoms. The molecule has 0 radical (unpaired) electrons. The number of benzene rings is 2. The summed E-state index contributed by atoms with van der Waals surface area (Å²) in [7, 11) is -8.28. The molecule has 0 fully saturated rings. The van der Waals surface area contributed by atoms with Crippen LogP contribution in [0.15, 0.2) is 35.2 Å². The quantitative estimate of drug-likeness (QED) is 0.483. The van der Waals surface area contributed by atoms with Crippen molar-refractivity contribution >= 4 is 36.7 Å². The van der Waals surface area contributed by atoms with Gasteiger partial charge in [-0.15, -0.1) is 0 Å². The van der Waals surface area contributed by atoms with Gasteiger partial charge in [-0.3, -0.25) is 9.11 Å². The van der Waals surface area contributed by atoms with Gasteiger partial charge in [0.25, 0.3) is 20.2 Å². The number of hydrogen-bond donors (Lipinski definition) is 2. The second-order valence-corrected chi connectivity index (χ2v) is 10.5. The molecule has 0 bridgehead atoms. The Bertz CT molecular complexity index is 1120. The molecule has 2 N–H and O–H groups in total. The minimum absolute atomic E-state index is 0. The van der Waals surface area contributed by atoms with E-state index in [-0.39, 0.29) is 74.9 Å². The van der Waals surface area contributed by atoms with Crippen LogP contribution >= 0.6 is 0 Å². The van der Waals surface area contributed by atoms with E-state index in [0.717, 1.165) is 16.6 Å². The Balaban J connectivity index is 0.00000210. The summed E-state index contributed by atoms with van der Waals surface area (Å²) in [5.74, 6) is -0.294. The van der Waals surface area contributed by atoms with Gasteiger partial charge in [-0.05, 0) is 47.9 Å². The fourth-order valence-corrected chi connectivity index (χ4v) is 4.92. The third-order valence-electron chi connectivity index (χ3n) is 5.53. The molecule has 0 amide bonds. The van der Waals surface area contributed by atoms with Gasteiger partial charge in [-0.25, -0.2) is 0 Å². The van der Waals surface area contributed by atoms with Gasteiger partial charge in [0.15, 0.2) is 0 Å². The van der Waals surface area contributed by atoms with E-state index < -0.39 is 20.2 Å². The fraction of sp³-hybridized carbons (Fsp3) is 0.444. The molecule has 3 rings (SSSR count). The summed E-state index contributed by atoms with van der Waals surface area (Å²) in [6, 6.07) is 8.32. The van der Waals surface area contributed by atoms with Crippen LogP contribution in [-0.2, 0) is 25.7 Å². The molecule has 2 aromatic rings. The summed E-state index contributed by atoms with van der Waals surface area (Å²) < 4.78 is 63.1. The van der Waals surface area contributed by atoms with Crippen LogP contribution in [0.2, 0.25) is 0 Å². The summed E-state index contributed by atoms with van der Waals surface area (Å²) in [6.45, 7) is 6.72. The van der Waals surface area contributed by atoms with Gasteiger partial charge in [0, 0.05) is 23.7 Å². The van der Waals surface area contributed by atoms with Gasteiger partial charge < -0.3 is 6.33 Å². The number of anilines is 1. The first kappa shape index (κ1) is 24.2. The zero-order chi connectivity index (χ0) is 20.2. The average molecular weight is 454 g/mol. The van der Waals surface area contributed by atoms with E-state index in [1.54, 1.807) is 12.1 Å². The second-order valence-electron chi connectivity index (χ2n) is 7.55. The monoisotopic (exact) mass is 453 g/mol. The maximum atomic E-state index is 11.4. The van der Waals surface area contributed by atoms with Gasteiger partial charge in [-0.2, -0.15) is 16.8 Å². The summed E-state index contributed by atoms with van der Waals surface area (Å²) in [5, 5.41) is 1.61. The molecule has 1 heterocycles. The fourth-order valence-electron chi connectivity index (χ4n) is 3.91. The SMILES string of the molecule is CC1N(CCCS(=O)(=O)O)c2ccc3cc(S(=O)(=O)O)ccc3c2C1(C)C.[H-].[K+]. The minimum atomic E-state index is -4.28. The third kappa shape index (κ3) is 4.65. The zero-order valence-electron chi connectivity index (χ0n) is 17.4. The van der Waals surface area contributed by atoms with Crippen LogP contribution < -0.4 is 56.3 Å². The van der Waals surface area contributed by atoms with Crippen molar-refractivity contribution in [2.24, 2.45) is 0 Å². The smallest absolute Gasteiger partial charge is 1.00 e. The summed E-state index contributed by atoms with van der Waals surface area (Å²) in [5.41, 5.74) is 1.77. The molecule has 10 heteroatoms. The first-order valence-corrected chi connectivity index (χ1v) is 11.6. The van der Waals surface area contributed by atoms with Gasteiger partial charge in [0.05, 0.1) is 10.6 Å². The van der Waals surface area contributed by atoms with E-state index in [1.807, 2.05) is 6.07 Å². The maximum Gasteiger partial charge on any atom is 1.00 e. The average Bonchev–Trinajstić information content (AvgIpc) is 2.73. The summed E-state index contributed by atoms with van der Waals surface area (Å²) in [4.78, 5) is 1.97. The van der Waals surface area contributed by atoms with Crippen LogP contribution in [-0.4, -0.2) is 44.3 Å². The van der Waals surface area contributed by atoms with Gasteiger partial charge in [0.1, 0.15) is 0 Å². The van der Waals surface area contributed by atoms with Crippen molar-refractivity contribution in [2.75, 3.05) is 17.2 Å². The molecule has 1 atom stereocenters. The van der Waals surface area contributed by atoms with E-state index in [1.165, 1.54) is 12.1 Å². The van der Waals surface area contributed by atoms with Crippen molar-refractivity contribution in [1.82, 2.24) is 0 Å². The molecular formula is C18H24KNO6S2. The largest absolute Gasteiger partial charge is 1.00 e. The van der Waals surface area contributed by atoms with Crippen LogP contribution in [0, 0.1) is 0 Å². The Morgan fingerprint density at radius 2 is 1.75 bits per heavy atom. The van der Waals surface area contributed by atoms with Gasteiger partial charge in [-0.1, -0.05) is 26.0 Å². The van der Waals surface area contributed by atoms with Crippen molar-refractivity contribution in [3.63, 3.8) is 0 Å². The Kier molecular flexibility index (Phi) is 7.13. The number of nitrogens with zero attached hydrogens (tertiary/aromatic N) is 1. The van der Waals surface area contributed by atoms with Crippen molar-refractivity contribution in [3.05, 3.63) is 35.9 Å². The number of rotatable bonds is 5. The molecule has 2 aromatic carbocycles. The Hall–Kier alpha value is -0.0436. The van der Waals surface area contributed by atoms with E-state index in [0.29, 0.717) is 18.4 Å². The van der Waals surface area contributed by atoms with E-state index in [2.05, 4.69) is 25.7 Å². The summed E-state index contributed by atoms with van der Waals surface area (Å²) >= 11 is 0. The van der Waals surface area contributed by atoms with Crippen molar-refractivity contribution < 1.29 is 78.8 Å². The third-order valence-corrected chi connectivity index (χ3v) is 7.19. The Morgan fingerprint density at radius 3 is 2.32 bits per heavy atom. The van der Waals surface area contributed by atoms with E-state index in [4.69, 9.17) is 4.55 Å². The molecule has 1 unspecified atom stereocenters. The molecule has 0 saturated carbocycles. The molecule has 0 aliphatic carbocycles. The van der Waals surface area contributed by atoms with Crippen molar-refractivity contribution in [1.29, 1.82) is 0 Å². The predicted molar refractivity (Wildman–Crippen MR) is 106 cm³/mol. The molecule has 0 spiro atoms. The molecule has 150 valence electrons. The zero-order valence-corrected chi connectivity index (χ0v) is 21.1. The first-order chi connectivity index (χ1) is 12.3. The minimum Gasteiger partial charge on any atom is -1.00 e. The maximum absolute atomic E-state index is 11.4. The van der Waals surface area contributed by atoms with Crippen LogP contribution in [0.4, 0.5) is 5.69 Å². The number of fused-ring (bicyclic) bond motifs is 3. The molecule has 0 aromatic heterocycles. The van der Waals surface area contributed by atoms with Crippen molar-refractivity contribution in [3.8, 4) is 0 Å². The van der Waals surface area contributed by atoms with Crippen LogP contribution in [0.3, 0.4) is 0 Å². The first-order valence-electron chi connectivity index (χ1n) is 8.59. The van der Waals surface area contributed by atoms with E-state index >= 15 is 0 Å². The van der Waals surface area contributed by atoms with Gasteiger partial charge in [0.2, 0.25) is 0 Å². The van der Waals surface area contributed by atoms with Crippen LogP contribution in [0.25, 0.3) is 10.8 Å². The topological polar surface area (TPSA) is 112 Å². The Morgan fingerprint density at radius 1 is 1.11 bits per heavy atom. The van der Waals surface area contributed by atoms with Crippen molar-refractivity contribution in [2.45, 2.75) is 43.5 Å².